The van der Waals surface area contributed by atoms with Crippen molar-refractivity contribution in [2.75, 3.05) is 32.7 Å². The van der Waals surface area contributed by atoms with Gasteiger partial charge < -0.3 is 5.73 Å². The Balaban J connectivity index is 1.67. The summed E-state index contributed by atoms with van der Waals surface area (Å²) >= 11 is 0. The molecule has 14 heavy (non-hydrogen) atoms. The molecule has 2 N–H and O–H groups in total. The van der Waals surface area contributed by atoms with E-state index in [4.69, 9.17) is 5.73 Å². The monoisotopic (exact) mass is 195 g/mol. The number of nitrogens with zero attached hydrogens (tertiary/aromatic N) is 2. The molecule has 1 aliphatic carbocycles. The third kappa shape index (κ3) is 1.30. The summed E-state index contributed by atoms with van der Waals surface area (Å²) in [4.78, 5) is 5.35. The normalized spacial score (nSPS) is 37.1. The Labute approximate surface area is 86.2 Å². The van der Waals surface area contributed by atoms with Gasteiger partial charge in [0.05, 0.1) is 0 Å². The molecule has 3 fully saturated rings. The summed E-state index contributed by atoms with van der Waals surface area (Å²) < 4.78 is 0. The zero-order chi connectivity index (χ0) is 9.60. The number of piperazine rings is 1. The molecule has 0 radical (unpaired) electrons. The van der Waals surface area contributed by atoms with Crippen molar-refractivity contribution in [1.82, 2.24) is 9.80 Å². The molecular weight excluding hydrogens is 174 g/mol. The smallest absolute Gasteiger partial charge is 0.0334 e. The van der Waals surface area contributed by atoms with Crippen molar-refractivity contribution in [1.29, 1.82) is 0 Å². The van der Waals surface area contributed by atoms with Gasteiger partial charge >= 0.3 is 0 Å². The number of fused-ring (bicyclic) bond motifs is 1. The zero-order valence-electron chi connectivity index (χ0n) is 8.91. The van der Waals surface area contributed by atoms with Gasteiger partial charge in [-0.15, -0.1) is 0 Å². The van der Waals surface area contributed by atoms with Gasteiger partial charge in [0.1, 0.15) is 0 Å². The fourth-order valence-electron chi connectivity index (χ4n) is 3.22. The highest BCUT2D eigenvalue weighted by atomic mass is 15.3. The maximum absolute atomic E-state index is 5.88. The average Bonchev–Trinajstić information content (AvgIpc) is 2.89. The van der Waals surface area contributed by atoms with E-state index in [1.807, 2.05) is 0 Å². The maximum Gasteiger partial charge on any atom is 0.0334 e. The summed E-state index contributed by atoms with van der Waals surface area (Å²) in [5, 5.41) is 0. The summed E-state index contributed by atoms with van der Waals surface area (Å²) in [6.07, 6.45) is 5.51. The molecule has 80 valence electrons. The average molecular weight is 195 g/mol. The van der Waals surface area contributed by atoms with Gasteiger partial charge in [0.2, 0.25) is 0 Å². The maximum atomic E-state index is 5.88. The first-order valence-electron chi connectivity index (χ1n) is 6.03. The van der Waals surface area contributed by atoms with Crippen molar-refractivity contribution in [3.05, 3.63) is 0 Å². The second kappa shape index (κ2) is 3.19. The second-order valence-electron chi connectivity index (χ2n) is 5.21. The van der Waals surface area contributed by atoms with E-state index in [9.17, 15) is 0 Å². The lowest BCUT2D eigenvalue weighted by atomic mass is 10.1. The van der Waals surface area contributed by atoms with Crippen LogP contribution in [0.1, 0.15) is 25.7 Å². The highest BCUT2D eigenvalue weighted by Gasteiger charge is 2.49. The topological polar surface area (TPSA) is 32.5 Å². The standard InChI is InChI=1S/C11H21N3/c12-9-11(3-4-11)14-7-6-13-5-1-2-10(13)8-14/h10H,1-9,12H2. The molecule has 1 atom stereocenters. The van der Waals surface area contributed by atoms with Gasteiger partial charge in [-0.2, -0.15) is 0 Å². The van der Waals surface area contributed by atoms with Crippen LogP contribution in [0.4, 0.5) is 0 Å². The first-order chi connectivity index (χ1) is 6.84. The predicted octanol–water partition coefficient (Wildman–Crippen LogP) is 0.258. The minimum absolute atomic E-state index is 0.439. The van der Waals surface area contributed by atoms with Crippen molar-refractivity contribution in [2.45, 2.75) is 37.3 Å². The van der Waals surface area contributed by atoms with E-state index in [2.05, 4.69) is 9.80 Å². The second-order valence-corrected chi connectivity index (χ2v) is 5.21. The third-order valence-electron chi connectivity index (χ3n) is 4.47. The van der Waals surface area contributed by atoms with Gasteiger partial charge in [0, 0.05) is 37.8 Å². The molecule has 2 heterocycles. The van der Waals surface area contributed by atoms with Crippen molar-refractivity contribution >= 4 is 0 Å². The lowest BCUT2D eigenvalue weighted by Gasteiger charge is -2.41. The molecule has 0 bridgehead atoms. The Hall–Kier alpha value is -0.120. The molecule has 2 aliphatic heterocycles. The van der Waals surface area contributed by atoms with E-state index in [1.165, 1.54) is 51.9 Å². The highest BCUT2D eigenvalue weighted by Crippen LogP contribution is 2.42. The molecule has 0 aromatic heterocycles. The molecular formula is C11H21N3. The lowest BCUT2D eigenvalue weighted by molar-refractivity contribution is 0.0642. The van der Waals surface area contributed by atoms with E-state index in [0.717, 1.165) is 12.6 Å². The molecule has 3 nitrogen and oxygen atoms in total. The van der Waals surface area contributed by atoms with E-state index in [0.29, 0.717) is 5.54 Å². The zero-order valence-corrected chi connectivity index (χ0v) is 8.91. The predicted molar refractivity (Wildman–Crippen MR) is 57.2 cm³/mol. The summed E-state index contributed by atoms with van der Waals surface area (Å²) in [5.74, 6) is 0. The van der Waals surface area contributed by atoms with E-state index in [1.54, 1.807) is 0 Å². The minimum Gasteiger partial charge on any atom is -0.329 e. The molecule has 3 heteroatoms. The van der Waals surface area contributed by atoms with Crippen LogP contribution in [-0.2, 0) is 0 Å². The van der Waals surface area contributed by atoms with Crippen molar-refractivity contribution in [3.63, 3.8) is 0 Å². The Kier molecular flexibility index (Phi) is 2.08. The molecule has 2 saturated heterocycles. The molecule has 0 aromatic carbocycles. The molecule has 3 rings (SSSR count). The third-order valence-corrected chi connectivity index (χ3v) is 4.47. The van der Waals surface area contributed by atoms with Gasteiger partial charge in [-0.05, 0) is 32.2 Å². The lowest BCUT2D eigenvalue weighted by Crippen LogP contribution is -2.56. The minimum atomic E-state index is 0.439. The van der Waals surface area contributed by atoms with Gasteiger partial charge in [0.15, 0.2) is 0 Å². The number of hydrogen-bond donors (Lipinski definition) is 1. The molecule has 0 aromatic rings. The van der Waals surface area contributed by atoms with E-state index < -0.39 is 0 Å². The van der Waals surface area contributed by atoms with Gasteiger partial charge in [-0.3, -0.25) is 9.80 Å². The van der Waals surface area contributed by atoms with Crippen LogP contribution in [-0.4, -0.2) is 54.1 Å². The summed E-state index contributed by atoms with van der Waals surface area (Å²) in [7, 11) is 0. The van der Waals surface area contributed by atoms with Crippen molar-refractivity contribution in [3.8, 4) is 0 Å². The number of rotatable bonds is 2. The summed E-state index contributed by atoms with van der Waals surface area (Å²) in [5.41, 5.74) is 6.32. The van der Waals surface area contributed by atoms with Crippen LogP contribution in [0.15, 0.2) is 0 Å². The number of hydrogen-bond acceptors (Lipinski definition) is 3. The highest BCUT2D eigenvalue weighted by molar-refractivity contribution is 5.07. The molecule has 0 spiro atoms. The van der Waals surface area contributed by atoms with Crippen LogP contribution in [0.5, 0.6) is 0 Å². The molecule has 3 aliphatic rings. The van der Waals surface area contributed by atoms with Crippen LogP contribution in [0.2, 0.25) is 0 Å². The largest absolute Gasteiger partial charge is 0.329 e. The Bertz CT molecular complexity index is 225. The summed E-state index contributed by atoms with van der Waals surface area (Å²) in [6.45, 7) is 6.05. The SMILES string of the molecule is NCC1(N2CCN3CCCC3C2)CC1. The van der Waals surface area contributed by atoms with Crippen LogP contribution < -0.4 is 5.73 Å². The van der Waals surface area contributed by atoms with Crippen molar-refractivity contribution < 1.29 is 0 Å². The molecule has 1 unspecified atom stereocenters. The molecule has 0 amide bonds. The van der Waals surface area contributed by atoms with Crippen LogP contribution in [0.3, 0.4) is 0 Å². The first-order valence-corrected chi connectivity index (χ1v) is 6.03. The van der Waals surface area contributed by atoms with E-state index >= 15 is 0 Å². The Morgan fingerprint density at radius 3 is 2.79 bits per heavy atom. The van der Waals surface area contributed by atoms with Gasteiger partial charge in [-0.25, -0.2) is 0 Å². The summed E-state index contributed by atoms with van der Waals surface area (Å²) in [6, 6.07) is 0.854. The van der Waals surface area contributed by atoms with Gasteiger partial charge in [0.25, 0.3) is 0 Å². The number of nitrogens with two attached hydrogens (primary N) is 1. The van der Waals surface area contributed by atoms with Crippen molar-refractivity contribution in [2.24, 2.45) is 5.73 Å². The van der Waals surface area contributed by atoms with E-state index in [-0.39, 0.29) is 0 Å². The fraction of sp³-hybridized carbons (Fsp3) is 1.00. The first kappa shape index (κ1) is 9.13. The molecule has 1 saturated carbocycles. The van der Waals surface area contributed by atoms with Crippen LogP contribution >= 0.6 is 0 Å². The fourth-order valence-corrected chi connectivity index (χ4v) is 3.22. The van der Waals surface area contributed by atoms with Crippen LogP contribution in [0.25, 0.3) is 0 Å². The Morgan fingerprint density at radius 2 is 2.07 bits per heavy atom. The van der Waals surface area contributed by atoms with Crippen LogP contribution in [0, 0.1) is 0 Å². The Morgan fingerprint density at radius 1 is 1.21 bits per heavy atom. The quantitative estimate of drug-likeness (QED) is 0.686. The van der Waals surface area contributed by atoms with Gasteiger partial charge in [-0.1, -0.05) is 0 Å².